The van der Waals surface area contributed by atoms with Crippen molar-refractivity contribution < 1.29 is 19.5 Å². The minimum atomic E-state index is -1.10. The van der Waals surface area contributed by atoms with Crippen LogP contribution in [0.2, 0.25) is 0 Å². The van der Waals surface area contributed by atoms with Crippen LogP contribution in [0.3, 0.4) is 0 Å². The van der Waals surface area contributed by atoms with Crippen molar-refractivity contribution in [1.29, 1.82) is 0 Å². The van der Waals surface area contributed by atoms with Crippen molar-refractivity contribution in [2.45, 2.75) is 38.5 Å². The Bertz CT molecular complexity index is 565. The molecule has 1 aromatic rings. The van der Waals surface area contributed by atoms with Crippen molar-refractivity contribution in [1.82, 2.24) is 0 Å². The van der Waals surface area contributed by atoms with E-state index in [2.05, 4.69) is 0 Å². The van der Waals surface area contributed by atoms with Gasteiger partial charge >= 0.3 is 5.97 Å². The molecule has 0 saturated heterocycles. The van der Waals surface area contributed by atoms with Crippen molar-refractivity contribution in [2.75, 3.05) is 0 Å². The molecule has 3 rings (SSSR count). The lowest BCUT2D eigenvalue weighted by Gasteiger charge is -2.25. The Kier molecular flexibility index (Phi) is 3.62. The molecule has 4 nitrogen and oxygen atoms in total. The molecule has 110 valence electrons. The summed E-state index contributed by atoms with van der Waals surface area (Å²) in [5.74, 6) is -1.14. The number of benzene rings is 1. The first kappa shape index (κ1) is 14.0. The van der Waals surface area contributed by atoms with E-state index >= 15 is 0 Å². The summed E-state index contributed by atoms with van der Waals surface area (Å²) in [5.41, 5.74) is 0.785. The molecule has 2 aliphatic carbocycles. The smallest absolute Gasteiger partial charge is 0.335 e. The number of carboxylic acid groups (broad SMARTS) is 1. The van der Waals surface area contributed by atoms with Crippen LogP contribution in [0.25, 0.3) is 0 Å². The molecule has 0 heterocycles. The zero-order valence-corrected chi connectivity index (χ0v) is 11.8. The largest absolute Gasteiger partial charge is 0.478 e. The Labute approximate surface area is 123 Å². The molecule has 2 aliphatic rings. The summed E-state index contributed by atoms with van der Waals surface area (Å²) in [6.45, 7) is 0. The number of carbonyl (C=O) groups is 3. The van der Waals surface area contributed by atoms with Crippen LogP contribution in [-0.4, -0.2) is 22.6 Å². The molecule has 0 amide bonds. The molecule has 0 aliphatic heterocycles. The van der Waals surface area contributed by atoms with Gasteiger partial charge in [0.05, 0.1) is 5.56 Å². The summed E-state index contributed by atoms with van der Waals surface area (Å²) in [6.07, 6.45) is 5.54. The van der Waals surface area contributed by atoms with Gasteiger partial charge in [-0.05, 0) is 43.9 Å². The maximum atomic E-state index is 12.3. The van der Waals surface area contributed by atoms with Crippen LogP contribution in [-0.2, 0) is 0 Å². The van der Waals surface area contributed by atoms with Crippen LogP contribution in [0.15, 0.2) is 18.2 Å². The first-order chi connectivity index (χ1) is 10.1. The predicted molar refractivity (Wildman–Crippen MR) is 76.7 cm³/mol. The highest BCUT2D eigenvalue weighted by atomic mass is 16.4. The molecule has 0 aromatic heterocycles. The van der Waals surface area contributed by atoms with Crippen LogP contribution in [0, 0.1) is 11.8 Å². The van der Waals surface area contributed by atoms with Gasteiger partial charge in [0.2, 0.25) is 0 Å². The summed E-state index contributed by atoms with van der Waals surface area (Å²) in [7, 11) is 0. The van der Waals surface area contributed by atoms with Gasteiger partial charge in [-0.15, -0.1) is 0 Å². The molecule has 0 bridgehead atoms. The first-order valence-electron chi connectivity index (χ1n) is 7.53. The third kappa shape index (κ3) is 2.62. The minimum Gasteiger partial charge on any atom is -0.478 e. The molecule has 1 N–H and O–H groups in total. The quantitative estimate of drug-likeness (QED) is 0.842. The fraction of sp³-hybridized carbons (Fsp3) is 0.471. The van der Waals surface area contributed by atoms with E-state index in [9.17, 15) is 19.5 Å². The highest BCUT2D eigenvalue weighted by Crippen LogP contribution is 2.32. The molecule has 0 atom stereocenters. The van der Waals surface area contributed by atoms with Crippen LogP contribution in [0.1, 0.15) is 69.6 Å². The molecule has 0 spiro atoms. The summed E-state index contributed by atoms with van der Waals surface area (Å²) in [5, 5.41) is 9.19. The molecule has 21 heavy (non-hydrogen) atoms. The van der Waals surface area contributed by atoms with E-state index in [0.717, 1.165) is 38.5 Å². The van der Waals surface area contributed by atoms with Gasteiger partial charge in [-0.2, -0.15) is 0 Å². The van der Waals surface area contributed by atoms with Gasteiger partial charge in [0.1, 0.15) is 0 Å². The second-order valence-corrected chi connectivity index (χ2v) is 6.09. The number of ketones is 2. The van der Waals surface area contributed by atoms with Gasteiger partial charge in [-0.3, -0.25) is 9.59 Å². The number of rotatable bonds is 5. The summed E-state index contributed by atoms with van der Waals surface area (Å²) in [4.78, 5) is 35.9. The van der Waals surface area contributed by atoms with Gasteiger partial charge < -0.3 is 5.11 Å². The standard InChI is InChI=1S/C17H18O4/c18-15(10-3-1-4-10)12-7-13(9-14(8-12)17(20)21)16(19)11-5-2-6-11/h7-11H,1-6H2,(H,20,21). The van der Waals surface area contributed by atoms with Gasteiger partial charge in [-0.25, -0.2) is 4.79 Å². The number of hydrogen-bond donors (Lipinski definition) is 1. The summed E-state index contributed by atoms with van der Waals surface area (Å²) < 4.78 is 0. The topological polar surface area (TPSA) is 71.4 Å². The second kappa shape index (κ2) is 5.43. The average Bonchev–Trinajstić information content (AvgIpc) is 2.33. The molecule has 0 unspecified atom stereocenters. The zero-order valence-electron chi connectivity index (χ0n) is 11.8. The van der Waals surface area contributed by atoms with Gasteiger partial charge in [-0.1, -0.05) is 12.8 Å². The maximum absolute atomic E-state index is 12.3. The number of Topliss-reactive ketones (excluding diaryl/α,β-unsaturated/α-hetero) is 2. The van der Waals surface area contributed by atoms with E-state index in [0.29, 0.717) is 11.1 Å². The molecule has 4 heteroatoms. The Morgan fingerprint density at radius 2 is 1.14 bits per heavy atom. The molecule has 2 fully saturated rings. The predicted octanol–water partition coefficient (Wildman–Crippen LogP) is 3.35. The van der Waals surface area contributed by atoms with E-state index in [-0.39, 0.29) is 29.0 Å². The second-order valence-electron chi connectivity index (χ2n) is 6.09. The summed E-state index contributed by atoms with van der Waals surface area (Å²) >= 11 is 0. The SMILES string of the molecule is O=C(O)c1cc(C(=O)C2CCC2)cc(C(=O)C2CCC2)c1. The maximum Gasteiger partial charge on any atom is 0.335 e. The highest BCUT2D eigenvalue weighted by molar-refractivity contribution is 6.06. The highest BCUT2D eigenvalue weighted by Gasteiger charge is 2.30. The molecule has 1 aromatic carbocycles. The minimum absolute atomic E-state index is 0.000648. The average molecular weight is 286 g/mol. The fourth-order valence-electron chi connectivity index (χ4n) is 2.85. The number of aromatic carboxylic acids is 1. The third-order valence-electron chi connectivity index (χ3n) is 4.70. The normalized spacial score (nSPS) is 18.7. The molecule has 0 radical (unpaired) electrons. The summed E-state index contributed by atoms with van der Waals surface area (Å²) in [6, 6.07) is 4.40. The van der Waals surface area contributed by atoms with Crippen molar-refractivity contribution in [3.05, 3.63) is 34.9 Å². The molecular weight excluding hydrogens is 268 g/mol. The van der Waals surface area contributed by atoms with Crippen LogP contribution < -0.4 is 0 Å². The number of carboxylic acids is 1. The van der Waals surface area contributed by atoms with E-state index in [4.69, 9.17) is 0 Å². The molecular formula is C17H18O4. The van der Waals surface area contributed by atoms with E-state index in [1.54, 1.807) is 6.07 Å². The first-order valence-corrected chi connectivity index (χ1v) is 7.53. The van der Waals surface area contributed by atoms with E-state index < -0.39 is 5.97 Å². The zero-order chi connectivity index (χ0) is 15.0. The lowest BCUT2D eigenvalue weighted by Crippen LogP contribution is -2.25. The monoisotopic (exact) mass is 286 g/mol. The van der Waals surface area contributed by atoms with Gasteiger partial charge in [0.15, 0.2) is 11.6 Å². The van der Waals surface area contributed by atoms with Crippen LogP contribution in [0.4, 0.5) is 0 Å². The number of hydrogen-bond acceptors (Lipinski definition) is 3. The lowest BCUT2D eigenvalue weighted by molar-refractivity contribution is 0.0697. The van der Waals surface area contributed by atoms with Gasteiger partial charge in [0.25, 0.3) is 0 Å². The Hall–Kier alpha value is -1.97. The van der Waals surface area contributed by atoms with Crippen LogP contribution in [0.5, 0.6) is 0 Å². The Balaban J connectivity index is 1.95. The van der Waals surface area contributed by atoms with E-state index in [1.165, 1.54) is 12.1 Å². The van der Waals surface area contributed by atoms with Crippen molar-refractivity contribution in [2.24, 2.45) is 11.8 Å². The lowest BCUT2D eigenvalue weighted by atomic mass is 9.77. The fourth-order valence-corrected chi connectivity index (χ4v) is 2.85. The van der Waals surface area contributed by atoms with Crippen molar-refractivity contribution in [3.8, 4) is 0 Å². The van der Waals surface area contributed by atoms with Crippen LogP contribution >= 0.6 is 0 Å². The van der Waals surface area contributed by atoms with Crippen molar-refractivity contribution in [3.63, 3.8) is 0 Å². The van der Waals surface area contributed by atoms with E-state index in [1.807, 2.05) is 0 Å². The number of carbonyl (C=O) groups excluding carboxylic acids is 2. The Morgan fingerprint density at radius 1 is 0.762 bits per heavy atom. The Morgan fingerprint density at radius 3 is 1.43 bits per heavy atom. The third-order valence-corrected chi connectivity index (χ3v) is 4.70. The van der Waals surface area contributed by atoms with Gasteiger partial charge in [0, 0.05) is 23.0 Å². The van der Waals surface area contributed by atoms with Crippen molar-refractivity contribution >= 4 is 17.5 Å². The molecule has 2 saturated carbocycles.